The number of hydrogen-bond donors (Lipinski definition) is 2. The van der Waals surface area contributed by atoms with Crippen LogP contribution in [0.25, 0.3) is 11.2 Å². The quantitative estimate of drug-likeness (QED) is 0.862. The zero-order chi connectivity index (χ0) is 15.1. The fourth-order valence-electron chi connectivity index (χ4n) is 2.21. The van der Waals surface area contributed by atoms with Gasteiger partial charge in [-0.1, -0.05) is 0 Å². The summed E-state index contributed by atoms with van der Waals surface area (Å²) in [4.78, 5) is 8.58. The first-order chi connectivity index (χ1) is 9.07. The lowest BCUT2D eigenvalue weighted by molar-refractivity contribution is 0.397. The third-order valence-electron chi connectivity index (χ3n) is 2.77. The highest BCUT2D eigenvalue weighted by atomic mass is 32.2. The number of fused-ring (bicyclic) bond motifs is 1. The molecule has 0 spiro atoms. The highest BCUT2D eigenvalue weighted by Crippen LogP contribution is 2.20. The van der Waals surface area contributed by atoms with Crippen molar-refractivity contribution in [2.24, 2.45) is 0 Å². The van der Waals surface area contributed by atoms with Gasteiger partial charge in [-0.25, -0.2) is 23.1 Å². The first-order valence-corrected chi connectivity index (χ1v) is 8.04. The molecule has 0 aromatic carbocycles. The lowest BCUT2D eigenvalue weighted by atomic mass is 10.1. The third kappa shape index (κ3) is 3.26. The van der Waals surface area contributed by atoms with Crippen LogP contribution < -0.4 is 10.5 Å². The molecule has 0 aliphatic heterocycles. The van der Waals surface area contributed by atoms with Crippen LogP contribution in [-0.2, 0) is 16.6 Å². The molecule has 110 valence electrons. The molecular formula is C12H19N5O2S. The number of pyridine rings is 1. The SMILES string of the molecule is Cc1cnc2c(c1)nc(N)n2CC(C)(C)NS(C)(=O)=O. The van der Waals surface area contributed by atoms with Crippen molar-refractivity contribution >= 4 is 27.1 Å². The number of sulfonamides is 1. The molecule has 0 bridgehead atoms. The van der Waals surface area contributed by atoms with E-state index in [0.29, 0.717) is 23.7 Å². The van der Waals surface area contributed by atoms with E-state index in [-0.39, 0.29) is 0 Å². The van der Waals surface area contributed by atoms with Gasteiger partial charge in [-0.2, -0.15) is 0 Å². The van der Waals surface area contributed by atoms with E-state index in [1.165, 1.54) is 0 Å². The smallest absolute Gasteiger partial charge is 0.209 e. The van der Waals surface area contributed by atoms with Gasteiger partial charge < -0.3 is 5.73 Å². The summed E-state index contributed by atoms with van der Waals surface area (Å²) >= 11 is 0. The Morgan fingerprint density at radius 2 is 2.10 bits per heavy atom. The molecule has 0 unspecified atom stereocenters. The number of aromatic nitrogens is 3. The normalized spacial score (nSPS) is 13.0. The standard InChI is InChI=1S/C12H19N5O2S/c1-8-5-9-10(14-6-8)17(11(13)15-9)7-12(2,3)16-20(4,18)19/h5-6,16H,7H2,1-4H3,(H2,13,15). The molecular weight excluding hydrogens is 278 g/mol. The summed E-state index contributed by atoms with van der Waals surface area (Å²) in [5.74, 6) is 0.321. The van der Waals surface area contributed by atoms with Crippen LogP contribution in [-0.4, -0.2) is 34.7 Å². The molecule has 8 heteroatoms. The Kier molecular flexibility index (Phi) is 3.47. The van der Waals surface area contributed by atoms with Crippen molar-refractivity contribution in [2.75, 3.05) is 12.0 Å². The fraction of sp³-hybridized carbons (Fsp3) is 0.500. The van der Waals surface area contributed by atoms with Gasteiger partial charge >= 0.3 is 0 Å². The number of nitrogens with two attached hydrogens (primary N) is 1. The van der Waals surface area contributed by atoms with E-state index in [0.717, 1.165) is 11.8 Å². The van der Waals surface area contributed by atoms with Crippen LogP contribution in [0.5, 0.6) is 0 Å². The summed E-state index contributed by atoms with van der Waals surface area (Å²) in [6, 6.07) is 1.90. The second kappa shape index (κ2) is 4.71. The Morgan fingerprint density at radius 3 is 2.70 bits per heavy atom. The van der Waals surface area contributed by atoms with Gasteiger partial charge in [0, 0.05) is 18.3 Å². The Hall–Kier alpha value is -1.67. The molecule has 2 aromatic rings. The van der Waals surface area contributed by atoms with Gasteiger partial charge in [0.1, 0.15) is 5.52 Å². The number of imidazole rings is 1. The van der Waals surface area contributed by atoms with Crippen molar-refractivity contribution in [2.45, 2.75) is 32.9 Å². The molecule has 0 saturated heterocycles. The molecule has 0 amide bonds. The maximum Gasteiger partial charge on any atom is 0.209 e. The second-order valence-electron chi connectivity index (χ2n) is 5.67. The molecule has 2 aromatic heterocycles. The summed E-state index contributed by atoms with van der Waals surface area (Å²) in [7, 11) is -3.30. The Bertz CT molecular complexity index is 749. The fourth-order valence-corrected chi connectivity index (χ4v) is 3.28. The van der Waals surface area contributed by atoms with Crippen molar-refractivity contribution in [3.8, 4) is 0 Å². The van der Waals surface area contributed by atoms with Crippen LogP contribution in [0.3, 0.4) is 0 Å². The number of nitrogen functional groups attached to an aromatic ring is 1. The Morgan fingerprint density at radius 1 is 1.45 bits per heavy atom. The number of nitrogens with one attached hydrogen (secondary N) is 1. The largest absolute Gasteiger partial charge is 0.369 e. The topological polar surface area (TPSA) is 103 Å². The van der Waals surface area contributed by atoms with E-state index in [2.05, 4.69) is 14.7 Å². The van der Waals surface area contributed by atoms with Gasteiger partial charge in [-0.15, -0.1) is 0 Å². The van der Waals surface area contributed by atoms with Crippen LogP contribution in [0.15, 0.2) is 12.3 Å². The summed E-state index contributed by atoms with van der Waals surface area (Å²) in [5, 5.41) is 0. The molecule has 2 rings (SSSR count). The summed E-state index contributed by atoms with van der Waals surface area (Å²) in [6.07, 6.45) is 2.86. The average Bonchev–Trinajstić information content (AvgIpc) is 2.50. The number of anilines is 1. The first kappa shape index (κ1) is 14.7. The van der Waals surface area contributed by atoms with Crippen molar-refractivity contribution in [3.05, 3.63) is 17.8 Å². The van der Waals surface area contributed by atoms with Gasteiger partial charge in [-0.3, -0.25) is 4.57 Å². The number of rotatable bonds is 4. The van der Waals surface area contributed by atoms with E-state index >= 15 is 0 Å². The third-order valence-corrected chi connectivity index (χ3v) is 3.69. The molecule has 0 aliphatic carbocycles. The van der Waals surface area contributed by atoms with E-state index < -0.39 is 15.6 Å². The molecule has 0 fully saturated rings. The lowest BCUT2D eigenvalue weighted by Crippen LogP contribution is -2.46. The minimum atomic E-state index is -3.30. The van der Waals surface area contributed by atoms with Gasteiger partial charge in [0.15, 0.2) is 5.65 Å². The van der Waals surface area contributed by atoms with E-state index in [4.69, 9.17) is 5.73 Å². The Balaban J connectivity index is 2.41. The van der Waals surface area contributed by atoms with E-state index in [9.17, 15) is 8.42 Å². The zero-order valence-electron chi connectivity index (χ0n) is 12.0. The molecule has 0 aliphatic rings. The molecule has 7 nitrogen and oxygen atoms in total. The maximum absolute atomic E-state index is 11.4. The Labute approximate surface area is 118 Å². The molecule has 20 heavy (non-hydrogen) atoms. The van der Waals surface area contributed by atoms with Crippen LogP contribution in [0.1, 0.15) is 19.4 Å². The molecule has 3 N–H and O–H groups in total. The highest BCUT2D eigenvalue weighted by molar-refractivity contribution is 7.88. The van der Waals surface area contributed by atoms with Gasteiger partial charge in [-0.05, 0) is 32.4 Å². The zero-order valence-corrected chi connectivity index (χ0v) is 12.8. The highest BCUT2D eigenvalue weighted by Gasteiger charge is 2.25. The molecule has 0 saturated carbocycles. The van der Waals surface area contributed by atoms with Crippen molar-refractivity contribution in [3.63, 3.8) is 0 Å². The number of hydrogen-bond acceptors (Lipinski definition) is 5. The maximum atomic E-state index is 11.4. The van der Waals surface area contributed by atoms with Gasteiger partial charge in [0.05, 0.1) is 6.26 Å². The van der Waals surface area contributed by atoms with Crippen molar-refractivity contribution in [1.82, 2.24) is 19.3 Å². The van der Waals surface area contributed by atoms with Crippen LogP contribution >= 0.6 is 0 Å². The summed E-state index contributed by atoms with van der Waals surface area (Å²) < 4.78 is 27.1. The van der Waals surface area contributed by atoms with Crippen molar-refractivity contribution < 1.29 is 8.42 Å². The second-order valence-corrected chi connectivity index (χ2v) is 7.42. The predicted molar refractivity (Wildman–Crippen MR) is 78.7 cm³/mol. The van der Waals surface area contributed by atoms with Crippen LogP contribution in [0.2, 0.25) is 0 Å². The van der Waals surface area contributed by atoms with E-state index in [1.807, 2.05) is 13.0 Å². The minimum absolute atomic E-state index is 0.321. The first-order valence-electron chi connectivity index (χ1n) is 6.15. The van der Waals surface area contributed by atoms with E-state index in [1.54, 1.807) is 24.6 Å². The summed E-state index contributed by atoms with van der Waals surface area (Å²) in [5.41, 5.74) is 7.57. The minimum Gasteiger partial charge on any atom is -0.369 e. The number of aryl methyl sites for hydroxylation is 1. The van der Waals surface area contributed by atoms with Gasteiger partial charge in [0.2, 0.25) is 16.0 Å². The van der Waals surface area contributed by atoms with Crippen molar-refractivity contribution in [1.29, 1.82) is 0 Å². The molecule has 0 atom stereocenters. The average molecular weight is 297 g/mol. The monoisotopic (exact) mass is 297 g/mol. The lowest BCUT2D eigenvalue weighted by Gasteiger charge is -2.25. The predicted octanol–water partition coefficient (Wildman–Crippen LogP) is 0.650. The van der Waals surface area contributed by atoms with Crippen LogP contribution in [0.4, 0.5) is 5.95 Å². The summed E-state index contributed by atoms with van der Waals surface area (Å²) in [6.45, 7) is 5.84. The molecule has 0 radical (unpaired) electrons. The van der Waals surface area contributed by atoms with Crippen LogP contribution in [0, 0.1) is 6.92 Å². The van der Waals surface area contributed by atoms with Gasteiger partial charge in [0.25, 0.3) is 0 Å². The number of nitrogens with zero attached hydrogens (tertiary/aromatic N) is 3. The molecule has 2 heterocycles.